The molecular formula is C24H29N3O5S. The molecule has 9 heteroatoms. The fraction of sp³-hybridized carbons (Fsp3) is 0.417. The van der Waals surface area contributed by atoms with Crippen LogP contribution in [-0.4, -0.2) is 43.7 Å². The van der Waals surface area contributed by atoms with Crippen molar-refractivity contribution in [2.75, 3.05) is 23.7 Å². The van der Waals surface area contributed by atoms with Gasteiger partial charge in [0.2, 0.25) is 15.9 Å². The van der Waals surface area contributed by atoms with Crippen molar-refractivity contribution >= 4 is 33.2 Å². The molecule has 2 aliphatic heterocycles. The van der Waals surface area contributed by atoms with Crippen LogP contribution in [0.2, 0.25) is 0 Å². The van der Waals surface area contributed by atoms with Crippen LogP contribution in [-0.2, 0) is 19.6 Å². The van der Waals surface area contributed by atoms with Gasteiger partial charge in [0.05, 0.1) is 10.6 Å². The summed E-state index contributed by atoms with van der Waals surface area (Å²) in [5, 5.41) is 5.72. The summed E-state index contributed by atoms with van der Waals surface area (Å²) in [5.41, 5.74) is 3.20. The second-order valence-electron chi connectivity index (χ2n) is 8.65. The quantitative estimate of drug-likeness (QED) is 0.695. The molecule has 1 atom stereocenters. The van der Waals surface area contributed by atoms with Gasteiger partial charge in [0.25, 0.3) is 5.91 Å². The standard InChI is InChI=1S/C24H29N3O5S/c1-4-21-24(29)26-20-14-18(7-8-22(20)32-21)33(30,31)27-11-9-17(10-12-27)23(28)25-19-13-15(2)5-6-16(19)3/h5-8,13-14,17,21H,4,9-12H2,1-3H3,(H,25,28)(H,26,29)/t21-/m0/s1. The molecule has 2 heterocycles. The lowest BCUT2D eigenvalue weighted by Crippen LogP contribution is -2.41. The summed E-state index contributed by atoms with van der Waals surface area (Å²) in [7, 11) is -3.76. The summed E-state index contributed by atoms with van der Waals surface area (Å²) < 4.78 is 33.4. The number of anilines is 2. The number of nitrogens with zero attached hydrogens (tertiary/aromatic N) is 1. The first kappa shape index (κ1) is 23.3. The average Bonchev–Trinajstić information content (AvgIpc) is 2.80. The van der Waals surface area contributed by atoms with Crippen LogP contribution in [0.4, 0.5) is 11.4 Å². The van der Waals surface area contributed by atoms with E-state index in [1.54, 1.807) is 6.07 Å². The molecule has 8 nitrogen and oxygen atoms in total. The Kier molecular flexibility index (Phi) is 6.45. The molecule has 1 saturated heterocycles. The monoisotopic (exact) mass is 471 g/mol. The molecule has 1 fully saturated rings. The van der Waals surface area contributed by atoms with E-state index in [-0.39, 0.29) is 35.7 Å². The van der Waals surface area contributed by atoms with E-state index in [4.69, 9.17) is 4.74 Å². The van der Waals surface area contributed by atoms with Gasteiger partial charge in [0.1, 0.15) is 5.75 Å². The number of sulfonamides is 1. The minimum atomic E-state index is -3.76. The van der Waals surface area contributed by atoms with Crippen molar-refractivity contribution in [3.63, 3.8) is 0 Å². The normalized spacial score (nSPS) is 19.4. The largest absolute Gasteiger partial charge is 0.478 e. The SMILES string of the molecule is CC[C@@H]1Oc2ccc(S(=O)(=O)N3CCC(C(=O)Nc4cc(C)ccc4C)CC3)cc2NC1=O. The highest BCUT2D eigenvalue weighted by Crippen LogP contribution is 2.34. The summed E-state index contributed by atoms with van der Waals surface area (Å²) in [6.45, 7) is 6.27. The highest BCUT2D eigenvalue weighted by molar-refractivity contribution is 7.89. The van der Waals surface area contributed by atoms with Crippen molar-refractivity contribution in [2.24, 2.45) is 5.92 Å². The van der Waals surface area contributed by atoms with Crippen molar-refractivity contribution in [1.82, 2.24) is 4.31 Å². The highest BCUT2D eigenvalue weighted by atomic mass is 32.2. The minimum absolute atomic E-state index is 0.0835. The molecule has 2 aromatic carbocycles. The smallest absolute Gasteiger partial charge is 0.265 e. The highest BCUT2D eigenvalue weighted by Gasteiger charge is 2.34. The molecule has 0 aromatic heterocycles. The first-order valence-corrected chi connectivity index (χ1v) is 12.6. The van der Waals surface area contributed by atoms with Gasteiger partial charge in [-0.1, -0.05) is 19.1 Å². The molecule has 33 heavy (non-hydrogen) atoms. The Labute approximate surface area is 194 Å². The zero-order valence-corrected chi connectivity index (χ0v) is 19.9. The number of fused-ring (bicyclic) bond motifs is 1. The number of amides is 2. The second-order valence-corrected chi connectivity index (χ2v) is 10.6. The van der Waals surface area contributed by atoms with Crippen molar-refractivity contribution in [3.8, 4) is 5.75 Å². The van der Waals surface area contributed by atoms with Crippen LogP contribution in [0.15, 0.2) is 41.3 Å². The Bertz CT molecular complexity index is 1190. The topological polar surface area (TPSA) is 105 Å². The Morgan fingerprint density at radius 1 is 1.15 bits per heavy atom. The van der Waals surface area contributed by atoms with Crippen molar-refractivity contribution in [1.29, 1.82) is 0 Å². The van der Waals surface area contributed by atoms with Gasteiger partial charge in [0.15, 0.2) is 6.10 Å². The fourth-order valence-electron chi connectivity index (χ4n) is 4.17. The lowest BCUT2D eigenvalue weighted by atomic mass is 9.97. The Morgan fingerprint density at radius 2 is 1.88 bits per heavy atom. The minimum Gasteiger partial charge on any atom is -0.478 e. The molecule has 2 aromatic rings. The molecule has 0 spiro atoms. The van der Waals surface area contributed by atoms with Crippen LogP contribution in [0.5, 0.6) is 5.75 Å². The average molecular weight is 472 g/mol. The number of carbonyl (C=O) groups excluding carboxylic acids is 2. The number of carbonyl (C=O) groups is 2. The summed E-state index contributed by atoms with van der Waals surface area (Å²) in [4.78, 5) is 24.9. The number of nitrogens with one attached hydrogen (secondary N) is 2. The molecule has 0 bridgehead atoms. The molecule has 0 saturated carbocycles. The predicted molar refractivity (Wildman–Crippen MR) is 126 cm³/mol. The molecule has 2 aliphatic rings. The summed E-state index contributed by atoms with van der Waals surface area (Å²) in [6.07, 6.45) is 0.837. The van der Waals surface area contributed by atoms with Gasteiger partial charge in [-0.2, -0.15) is 4.31 Å². The molecule has 176 valence electrons. The van der Waals surface area contributed by atoms with Crippen molar-refractivity contribution in [2.45, 2.75) is 51.0 Å². The first-order valence-electron chi connectivity index (χ1n) is 11.2. The molecule has 0 unspecified atom stereocenters. The Morgan fingerprint density at radius 3 is 2.58 bits per heavy atom. The van der Waals surface area contributed by atoms with E-state index in [0.717, 1.165) is 16.8 Å². The molecule has 2 amide bonds. The lowest BCUT2D eigenvalue weighted by molar-refractivity contribution is -0.123. The second kappa shape index (κ2) is 9.15. The summed E-state index contributed by atoms with van der Waals surface area (Å²) in [6, 6.07) is 10.4. The zero-order valence-electron chi connectivity index (χ0n) is 19.1. The maximum absolute atomic E-state index is 13.2. The molecule has 4 rings (SSSR count). The Balaban J connectivity index is 1.42. The van der Waals surface area contributed by atoms with Crippen LogP contribution < -0.4 is 15.4 Å². The molecular weight excluding hydrogens is 442 g/mol. The fourth-order valence-corrected chi connectivity index (χ4v) is 5.67. The number of piperidine rings is 1. The first-order chi connectivity index (χ1) is 15.7. The van der Waals surface area contributed by atoms with Gasteiger partial charge in [0, 0.05) is 24.7 Å². The van der Waals surface area contributed by atoms with Gasteiger partial charge < -0.3 is 15.4 Å². The predicted octanol–water partition coefficient (Wildman–Crippen LogP) is 3.45. The van der Waals surface area contributed by atoms with Gasteiger partial charge in [-0.15, -0.1) is 0 Å². The van der Waals surface area contributed by atoms with E-state index in [9.17, 15) is 18.0 Å². The molecule has 2 N–H and O–H groups in total. The van der Waals surface area contributed by atoms with Crippen molar-refractivity contribution in [3.05, 3.63) is 47.5 Å². The van der Waals surface area contributed by atoms with Crippen LogP contribution in [0.3, 0.4) is 0 Å². The summed E-state index contributed by atoms with van der Waals surface area (Å²) >= 11 is 0. The third kappa shape index (κ3) is 4.74. The number of rotatable bonds is 5. The van der Waals surface area contributed by atoms with Gasteiger partial charge in [-0.25, -0.2) is 8.42 Å². The van der Waals surface area contributed by atoms with Crippen LogP contribution in [0, 0.1) is 19.8 Å². The maximum atomic E-state index is 13.2. The van der Waals surface area contributed by atoms with Gasteiger partial charge in [-0.3, -0.25) is 9.59 Å². The number of benzene rings is 2. The number of aryl methyl sites for hydroxylation is 2. The summed E-state index contributed by atoms with van der Waals surface area (Å²) in [5.74, 6) is -0.157. The van der Waals surface area contributed by atoms with Gasteiger partial charge in [-0.05, 0) is 68.5 Å². The van der Waals surface area contributed by atoms with E-state index in [1.807, 2.05) is 39.0 Å². The lowest BCUT2D eigenvalue weighted by Gasteiger charge is -2.31. The number of hydrogen-bond acceptors (Lipinski definition) is 5. The van der Waals surface area contributed by atoms with Crippen LogP contribution >= 0.6 is 0 Å². The van der Waals surface area contributed by atoms with Crippen molar-refractivity contribution < 1.29 is 22.7 Å². The number of ether oxygens (including phenoxy) is 1. The Hall–Kier alpha value is -2.91. The van der Waals surface area contributed by atoms with Gasteiger partial charge >= 0.3 is 0 Å². The third-order valence-corrected chi connectivity index (χ3v) is 8.15. The zero-order chi connectivity index (χ0) is 23.8. The third-order valence-electron chi connectivity index (χ3n) is 6.25. The van der Waals surface area contributed by atoms with E-state index in [0.29, 0.717) is 30.7 Å². The maximum Gasteiger partial charge on any atom is 0.265 e. The van der Waals surface area contributed by atoms with Crippen LogP contribution in [0.25, 0.3) is 0 Å². The van der Waals surface area contributed by atoms with Crippen LogP contribution in [0.1, 0.15) is 37.3 Å². The van der Waals surface area contributed by atoms with E-state index in [1.165, 1.54) is 16.4 Å². The molecule has 0 radical (unpaired) electrons. The molecule has 0 aliphatic carbocycles. The number of hydrogen-bond donors (Lipinski definition) is 2. The van der Waals surface area contributed by atoms with E-state index < -0.39 is 16.1 Å². The van der Waals surface area contributed by atoms with E-state index >= 15 is 0 Å². The van der Waals surface area contributed by atoms with E-state index in [2.05, 4.69) is 10.6 Å².